The molecule has 4 heteroatoms. The Morgan fingerprint density at radius 1 is 1.09 bits per heavy atom. The van der Waals surface area contributed by atoms with Crippen LogP contribution in [-0.4, -0.2) is 22.9 Å². The second-order valence-electron chi connectivity index (χ2n) is 4.73. The van der Waals surface area contributed by atoms with Gasteiger partial charge in [0.1, 0.15) is 11.4 Å². The summed E-state index contributed by atoms with van der Waals surface area (Å²) >= 11 is 0. The van der Waals surface area contributed by atoms with Gasteiger partial charge in [-0.25, -0.2) is 4.98 Å². The predicted molar refractivity (Wildman–Crippen MR) is 85.9 cm³/mol. The highest BCUT2D eigenvalue weighted by Crippen LogP contribution is 2.19. The summed E-state index contributed by atoms with van der Waals surface area (Å²) in [6.45, 7) is 0. The van der Waals surface area contributed by atoms with E-state index in [0.29, 0.717) is 5.69 Å². The number of fused-ring (bicyclic) bond motifs is 1. The maximum Gasteiger partial charge on any atom is 0.204 e. The second-order valence-corrected chi connectivity index (χ2v) is 4.73. The summed E-state index contributed by atoms with van der Waals surface area (Å²) in [6.07, 6.45) is 6.65. The van der Waals surface area contributed by atoms with Crippen molar-refractivity contribution in [3.05, 3.63) is 72.2 Å². The van der Waals surface area contributed by atoms with Crippen molar-refractivity contribution in [2.75, 3.05) is 7.11 Å². The largest absolute Gasteiger partial charge is 0.497 e. The monoisotopic (exact) mass is 290 g/mol. The lowest BCUT2D eigenvalue weighted by molar-refractivity contribution is 0.104. The van der Waals surface area contributed by atoms with E-state index in [1.807, 2.05) is 36.4 Å². The lowest BCUT2D eigenvalue weighted by Crippen LogP contribution is -1.98. The molecule has 0 fully saturated rings. The summed E-state index contributed by atoms with van der Waals surface area (Å²) in [7, 11) is 1.62. The average molecular weight is 290 g/mol. The molecule has 3 rings (SSSR count). The van der Waals surface area contributed by atoms with Crippen LogP contribution < -0.4 is 4.74 Å². The second kappa shape index (κ2) is 6.18. The summed E-state index contributed by atoms with van der Waals surface area (Å²) in [4.78, 5) is 20.5. The normalized spacial score (nSPS) is 11.0. The number of methoxy groups -OCH3 is 1. The van der Waals surface area contributed by atoms with Gasteiger partial charge in [-0.3, -0.25) is 9.78 Å². The Balaban J connectivity index is 1.86. The van der Waals surface area contributed by atoms with Crippen molar-refractivity contribution < 1.29 is 9.53 Å². The van der Waals surface area contributed by atoms with E-state index < -0.39 is 0 Å². The van der Waals surface area contributed by atoms with Crippen molar-refractivity contribution in [3.8, 4) is 5.75 Å². The molecule has 0 saturated carbocycles. The third-order valence-electron chi connectivity index (χ3n) is 3.28. The number of nitrogens with zero attached hydrogens (tertiary/aromatic N) is 2. The topological polar surface area (TPSA) is 52.1 Å². The number of carbonyl (C=O) groups is 1. The van der Waals surface area contributed by atoms with Crippen molar-refractivity contribution in [2.45, 2.75) is 0 Å². The first-order chi connectivity index (χ1) is 10.8. The zero-order chi connectivity index (χ0) is 15.4. The molecule has 4 nitrogen and oxygen atoms in total. The van der Waals surface area contributed by atoms with Gasteiger partial charge in [0.2, 0.25) is 5.78 Å². The van der Waals surface area contributed by atoms with E-state index in [4.69, 9.17) is 4.74 Å². The molecule has 2 heterocycles. The Hall–Kier alpha value is -3.01. The van der Waals surface area contributed by atoms with Gasteiger partial charge in [0.05, 0.1) is 12.6 Å². The predicted octanol–water partition coefficient (Wildman–Crippen LogP) is 3.53. The highest BCUT2D eigenvalue weighted by Gasteiger charge is 2.05. The van der Waals surface area contributed by atoms with Crippen molar-refractivity contribution in [2.24, 2.45) is 0 Å². The summed E-state index contributed by atoms with van der Waals surface area (Å²) in [5.74, 6) is 0.639. The van der Waals surface area contributed by atoms with Crippen LogP contribution in [0.1, 0.15) is 16.1 Å². The van der Waals surface area contributed by atoms with E-state index in [-0.39, 0.29) is 5.78 Å². The highest BCUT2D eigenvalue weighted by atomic mass is 16.5. The van der Waals surface area contributed by atoms with Gasteiger partial charge in [0.15, 0.2) is 0 Å². The van der Waals surface area contributed by atoms with E-state index in [9.17, 15) is 4.79 Å². The molecule has 3 aromatic rings. The number of rotatable bonds is 4. The highest BCUT2D eigenvalue weighted by molar-refractivity contribution is 6.06. The summed E-state index contributed by atoms with van der Waals surface area (Å²) in [5, 5.41) is 0.939. The molecule has 0 amide bonds. The van der Waals surface area contributed by atoms with Crippen molar-refractivity contribution in [1.29, 1.82) is 0 Å². The van der Waals surface area contributed by atoms with Crippen LogP contribution in [0.2, 0.25) is 0 Å². The molecule has 0 aliphatic carbocycles. The zero-order valence-corrected chi connectivity index (χ0v) is 12.1. The van der Waals surface area contributed by atoms with Gasteiger partial charge in [-0.1, -0.05) is 12.1 Å². The molecule has 0 aliphatic rings. The standard InChI is InChI=1S/C18H14N2O2/c1-22-15-4-6-16-14(12-15)3-5-17(20-16)18(21)7-2-13-8-10-19-11-9-13/h2-12H,1H3. The smallest absolute Gasteiger partial charge is 0.204 e. The van der Waals surface area contributed by atoms with Crippen LogP contribution in [0.3, 0.4) is 0 Å². The van der Waals surface area contributed by atoms with E-state index in [2.05, 4.69) is 9.97 Å². The van der Waals surface area contributed by atoms with E-state index in [1.165, 1.54) is 6.08 Å². The SMILES string of the molecule is COc1ccc2nc(C(=O)C=Cc3ccncc3)ccc2c1. The summed E-state index contributed by atoms with van der Waals surface area (Å²) in [6, 6.07) is 12.8. The molecule has 0 aliphatic heterocycles. The molecule has 0 N–H and O–H groups in total. The minimum atomic E-state index is -0.130. The van der Waals surface area contributed by atoms with Crippen LogP contribution in [0.25, 0.3) is 17.0 Å². The average Bonchev–Trinajstić information content (AvgIpc) is 2.59. The van der Waals surface area contributed by atoms with Gasteiger partial charge in [-0.05, 0) is 48.0 Å². The van der Waals surface area contributed by atoms with Gasteiger partial charge in [0.25, 0.3) is 0 Å². The molecule has 1 aromatic carbocycles. The van der Waals surface area contributed by atoms with Crippen LogP contribution in [0.15, 0.2) is 60.9 Å². The maximum atomic E-state index is 12.2. The quantitative estimate of drug-likeness (QED) is 0.545. The first-order valence-corrected chi connectivity index (χ1v) is 6.83. The Morgan fingerprint density at radius 2 is 1.91 bits per heavy atom. The Labute approximate surface area is 128 Å². The van der Waals surface area contributed by atoms with E-state index >= 15 is 0 Å². The fraction of sp³-hybridized carbons (Fsp3) is 0.0556. The Morgan fingerprint density at radius 3 is 2.68 bits per heavy atom. The third kappa shape index (κ3) is 3.01. The van der Waals surface area contributed by atoms with Crippen molar-refractivity contribution in [3.63, 3.8) is 0 Å². The maximum absolute atomic E-state index is 12.2. The number of pyridine rings is 2. The van der Waals surface area contributed by atoms with Crippen LogP contribution >= 0.6 is 0 Å². The lowest BCUT2D eigenvalue weighted by Gasteiger charge is -2.03. The Bertz CT molecular complexity index is 842. The minimum absolute atomic E-state index is 0.130. The molecule has 22 heavy (non-hydrogen) atoms. The lowest BCUT2D eigenvalue weighted by atomic mass is 10.1. The summed E-state index contributed by atoms with van der Waals surface area (Å²) < 4.78 is 5.18. The number of benzene rings is 1. The van der Waals surface area contributed by atoms with Gasteiger partial charge in [-0.15, -0.1) is 0 Å². The minimum Gasteiger partial charge on any atom is -0.497 e. The van der Waals surface area contributed by atoms with Gasteiger partial charge in [-0.2, -0.15) is 0 Å². The third-order valence-corrected chi connectivity index (χ3v) is 3.28. The molecule has 0 atom stereocenters. The van der Waals surface area contributed by atoms with Gasteiger partial charge in [0, 0.05) is 17.8 Å². The van der Waals surface area contributed by atoms with Crippen LogP contribution in [0.4, 0.5) is 0 Å². The van der Waals surface area contributed by atoms with Crippen LogP contribution in [0.5, 0.6) is 5.75 Å². The molecule has 2 aromatic heterocycles. The Kier molecular flexibility index (Phi) is 3.92. The molecule has 0 radical (unpaired) electrons. The zero-order valence-electron chi connectivity index (χ0n) is 12.1. The number of carbonyl (C=O) groups excluding carboxylic acids is 1. The van der Waals surface area contributed by atoms with Gasteiger partial charge >= 0.3 is 0 Å². The van der Waals surface area contributed by atoms with Gasteiger partial charge < -0.3 is 4.74 Å². The number of ketones is 1. The molecule has 0 spiro atoms. The molecular weight excluding hydrogens is 276 g/mol. The van der Waals surface area contributed by atoms with Crippen LogP contribution in [-0.2, 0) is 0 Å². The molecule has 108 valence electrons. The number of aromatic nitrogens is 2. The molecule has 0 bridgehead atoms. The first-order valence-electron chi connectivity index (χ1n) is 6.83. The van der Waals surface area contributed by atoms with E-state index in [1.54, 1.807) is 31.6 Å². The van der Waals surface area contributed by atoms with E-state index in [0.717, 1.165) is 22.2 Å². The fourth-order valence-electron chi connectivity index (χ4n) is 2.10. The molecular formula is C18H14N2O2. The number of ether oxygens (including phenoxy) is 1. The molecule has 0 unspecified atom stereocenters. The van der Waals surface area contributed by atoms with Crippen LogP contribution in [0, 0.1) is 0 Å². The fourth-order valence-corrected chi connectivity index (χ4v) is 2.10. The summed E-state index contributed by atoms with van der Waals surface area (Å²) in [5.41, 5.74) is 2.11. The number of hydrogen-bond donors (Lipinski definition) is 0. The van der Waals surface area contributed by atoms with Crippen molar-refractivity contribution >= 4 is 22.8 Å². The number of allylic oxidation sites excluding steroid dienone is 1. The molecule has 0 saturated heterocycles. The number of hydrogen-bond acceptors (Lipinski definition) is 4. The first kappa shape index (κ1) is 13.9. The van der Waals surface area contributed by atoms with Crippen molar-refractivity contribution in [1.82, 2.24) is 9.97 Å².